The van der Waals surface area contributed by atoms with Crippen LogP contribution in [0.25, 0.3) is 0 Å². The van der Waals surface area contributed by atoms with Crippen LogP contribution in [0.15, 0.2) is 0 Å². The lowest BCUT2D eigenvalue weighted by Gasteiger charge is -2.04. The molecule has 0 saturated carbocycles. The zero-order chi connectivity index (χ0) is 8.27. The highest BCUT2D eigenvalue weighted by atomic mass is 16.7. The van der Waals surface area contributed by atoms with Crippen molar-refractivity contribution < 1.29 is 19.4 Å². The number of esters is 1. The van der Waals surface area contributed by atoms with Crippen molar-refractivity contribution in [1.29, 1.82) is 0 Å². The molecule has 0 aliphatic carbocycles. The molecular formula is C7H12O4. The Morgan fingerprint density at radius 1 is 1.64 bits per heavy atom. The van der Waals surface area contributed by atoms with Gasteiger partial charge in [0, 0.05) is 19.4 Å². The smallest absolute Gasteiger partial charge is 0.337 e. The fourth-order valence-corrected chi connectivity index (χ4v) is 0.955. The van der Waals surface area contributed by atoms with Gasteiger partial charge in [-0.25, -0.2) is 4.79 Å². The molecule has 1 aliphatic heterocycles. The monoisotopic (exact) mass is 160 g/mol. The lowest BCUT2D eigenvalue weighted by Crippen LogP contribution is -2.17. The van der Waals surface area contributed by atoms with E-state index in [1.54, 1.807) is 0 Å². The molecular weight excluding hydrogens is 148 g/mol. The first-order chi connectivity index (χ1) is 5.27. The number of aliphatic hydroxyl groups is 1. The van der Waals surface area contributed by atoms with Crippen molar-refractivity contribution in [3.63, 3.8) is 0 Å². The maximum absolute atomic E-state index is 10.9. The summed E-state index contributed by atoms with van der Waals surface area (Å²) < 4.78 is 9.93. The third-order valence-corrected chi connectivity index (χ3v) is 1.55. The van der Waals surface area contributed by atoms with E-state index in [-0.39, 0.29) is 12.6 Å². The Hall–Kier alpha value is -0.610. The van der Waals surface area contributed by atoms with Gasteiger partial charge < -0.3 is 14.6 Å². The number of carbonyl (C=O) groups is 1. The van der Waals surface area contributed by atoms with Gasteiger partial charge in [-0.2, -0.15) is 0 Å². The van der Waals surface area contributed by atoms with E-state index in [2.05, 4.69) is 0 Å². The molecule has 1 unspecified atom stereocenters. The summed E-state index contributed by atoms with van der Waals surface area (Å²) in [5.41, 5.74) is 0. The second-order valence-electron chi connectivity index (χ2n) is 2.41. The van der Waals surface area contributed by atoms with Crippen LogP contribution in [0.3, 0.4) is 0 Å². The summed E-state index contributed by atoms with van der Waals surface area (Å²) in [7, 11) is 0. The van der Waals surface area contributed by atoms with Gasteiger partial charge >= 0.3 is 5.97 Å². The van der Waals surface area contributed by atoms with Crippen molar-refractivity contribution in [3.05, 3.63) is 0 Å². The predicted molar refractivity (Wildman–Crippen MR) is 36.7 cm³/mol. The number of aliphatic hydroxyl groups excluding tert-OH is 1. The molecule has 0 aromatic carbocycles. The molecule has 0 amide bonds. The summed E-state index contributed by atoms with van der Waals surface area (Å²) in [6.07, 6.45) is 0.0345. The first kappa shape index (κ1) is 8.49. The Labute approximate surface area is 65.1 Å². The van der Waals surface area contributed by atoms with E-state index in [1.807, 2.05) is 6.92 Å². The van der Waals surface area contributed by atoms with Gasteiger partial charge in [0.05, 0.1) is 0 Å². The number of carbonyl (C=O) groups excluding carboxylic acids is 1. The van der Waals surface area contributed by atoms with E-state index < -0.39 is 12.4 Å². The van der Waals surface area contributed by atoms with Crippen LogP contribution in [0.5, 0.6) is 0 Å². The van der Waals surface area contributed by atoms with Gasteiger partial charge in [-0.05, 0) is 0 Å². The molecule has 0 bridgehead atoms. The van der Waals surface area contributed by atoms with E-state index in [0.717, 1.165) is 0 Å². The number of rotatable bonds is 3. The highest BCUT2D eigenvalue weighted by molar-refractivity contribution is 5.76. The SMILES string of the molecule is CCC1OC(=O)[C@H](CCO)O1. The summed E-state index contributed by atoms with van der Waals surface area (Å²) in [4.78, 5) is 10.9. The van der Waals surface area contributed by atoms with Crippen molar-refractivity contribution >= 4 is 5.97 Å². The molecule has 1 heterocycles. The maximum Gasteiger partial charge on any atom is 0.337 e. The Morgan fingerprint density at radius 3 is 2.82 bits per heavy atom. The fourth-order valence-electron chi connectivity index (χ4n) is 0.955. The second-order valence-corrected chi connectivity index (χ2v) is 2.41. The van der Waals surface area contributed by atoms with Crippen LogP contribution in [0, 0.1) is 0 Å². The van der Waals surface area contributed by atoms with Crippen LogP contribution in [0.4, 0.5) is 0 Å². The molecule has 1 fully saturated rings. The molecule has 0 spiro atoms. The van der Waals surface area contributed by atoms with E-state index in [1.165, 1.54) is 0 Å². The van der Waals surface area contributed by atoms with Crippen molar-refractivity contribution in [2.45, 2.75) is 32.2 Å². The highest BCUT2D eigenvalue weighted by Gasteiger charge is 2.33. The van der Waals surface area contributed by atoms with Gasteiger partial charge in [0.2, 0.25) is 6.29 Å². The van der Waals surface area contributed by atoms with Crippen molar-refractivity contribution in [2.75, 3.05) is 6.61 Å². The third-order valence-electron chi connectivity index (χ3n) is 1.55. The standard InChI is InChI=1S/C7H12O4/c1-2-6-10-5(3-4-8)7(9)11-6/h5-6,8H,2-4H2,1H3/t5-,6?/m0/s1. The van der Waals surface area contributed by atoms with E-state index >= 15 is 0 Å². The lowest BCUT2D eigenvalue weighted by molar-refractivity contribution is -0.143. The van der Waals surface area contributed by atoms with Crippen molar-refractivity contribution in [3.8, 4) is 0 Å². The van der Waals surface area contributed by atoms with E-state index in [0.29, 0.717) is 12.8 Å². The van der Waals surface area contributed by atoms with Gasteiger partial charge in [-0.15, -0.1) is 0 Å². The molecule has 4 heteroatoms. The average Bonchev–Trinajstić information content (AvgIpc) is 2.33. The normalized spacial score (nSPS) is 30.5. The third kappa shape index (κ3) is 1.91. The second kappa shape index (κ2) is 3.69. The average molecular weight is 160 g/mol. The summed E-state index contributed by atoms with van der Waals surface area (Å²) in [5, 5.41) is 8.52. The fraction of sp³-hybridized carbons (Fsp3) is 0.857. The Balaban J connectivity index is 2.38. The lowest BCUT2D eigenvalue weighted by atomic mass is 10.3. The van der Waals surface area contributed by atoms with Gasteiger partial charge in [-0.3, -0.25) is 0 Å². The van der Waals surface area contributed by atoms with Crippen LogP contribution in [0.2, 0.25) is 0 Å². The first-order valence-corrected chi connectivity index (χ1v) is 3.74. The zero-order valence-corrected chi connectivity index (χ0v) is 6.45. The zero-order valence-electron chi connectivity index (χ0n) is 6.45. The minimum atomic E-state index is -0.551. The van der Waals surface area contributed by atoms with Crippen LogP contribution in [0.1, 0.15) is 19.8 Å². The minimum absolute atomic E-state index is 0.0454. The Kier molecular flexibility index (Phi) is 2.84. The van der Waals surface area contributed by atoms with Gasteiger partial charge in [-0.1, -0.05) is 6.92 Å². The molecule has 1 rings (SSSR count). The summed E-state index contributed by atoms with van der Waals surface area (Å²) >= 11 is 0. The summed E-state index contributed by atoms with van der Waals surface area (Å²) in [6, 6.07) is 0. The molecule has 0 aromatic rings. The number of cyclic esters (lactones) is 1. The van der Waals surface area contributed by atoms with Crippen LogP contribution < -0.4 is 0 Å². The van der Waals surface area contributed by atoms with Crippen LogP contribution in [-0.2, 0) is 14.3 Å². The van der Waals surface area contributed by atoms with E-state index in [9.17, 15) is 4.79 Å². The number of ether oxygens (including phenoxy) is 2. The molecule has 2 atom stereocenters. The first-order valence-electron chi connectivity index (χ1n) is 3.74. The number of hydrogen-bond donors (Lipinski definition) is 1. The van der Waals surface area contributed by atoms with Gasteiger partial charge in [0.1, 0.15) is 0 Å². The quantitative estimate of drug-likeness (QED) is 0.592. The van der Waals surface area contributed by atoms with Gasteiger partial charge in [0.25, 0.3) is 0 Å². The molecule has 4 nitrogen and oxygen atoms in total. The van der Waals surface area contributed by atoms with Crippen molar-refractivity contribution in [1.82, 2.24) is 0 Å². The topological polar surface area (TPSA) is 55.8 Å². The minimum Gasteiger partial charge on any atom is -0.434 e. The summed E-state index contributed by atoms with van der Waals surface area (Å²) in [5.74, 6) is -0.356. The van der Waals surface area contributed by atoms with E-state index in [4.69, 9.17) is 14.6 Å². The predicted octanol–water partition coefficient (Wildman–Crippen LogP) is 0.0469. The van der Waals surface area contributed by atoms with Gasteiger partial charge in [0.15, 0.2) is 6.10 Å². The highest BCUT2D eigenvalue weighted by Crippen LogP contribution is 2.17. The molecule has 1 N–H and O–H groups in total. The summed E-state index contributed by atoms with van der Waals surface area (Å²) in [6.45, 7) is 1.83. The molecule has 64 valence electrons. The Morgan fingerprint density at radius 2 is 2.36 bits per heavy atom. The Bertz CT molecular complexity index is 145. The van der Waals surface area contributed by atoms with Crippen LogP contribution >= 0.6 is 0 Å². The largest absolute Gasteiger partial charge is 0.434 e. The maximum atomic E-state index is 10.9. The molecule has 0 aromatic heterocycles. The van der Waals surface area contributed by atoms with Crippen molar-refractivity contribution in [2.24, 2.45) is 0 Å². The molecule has 1 aliphatic rings. The van der Waals surface area contributed by atoms with Crippen LogP contribution in [-0.4, -0.2) is 30.1 Å². The molecule has 11 heavy (non-hydrogen) atoms. The number of hydrogen-bond acceptors (Lipinski definition) is 4. The molecule has 0 radical (unpaired) electrons. The molecule has 1 saturated heterocycles.